The summed E-state index contributed by atoms with van der Waals surface area (Å²) < 4.78 is 5.49. The van der Waals surface area contributed by atoms with Gasteiger partial charge in [0.05, 0.1) is 6.10 Å². The first-order valence-electron chi connectivity index (χ1n) is 10.8. The van der Waals surface area contributed by atoms with Gasteiger partial charge >= 0.3 is 0 Å². The molecule has 0 aliphatic carbocycles. The molecule has 28 heavy (non-hydrogen) atoms. The van der Waals surface area contributed by atoms with Gasteiger partial charge in [0.1, 0.15) is 0 Å². The van der Waals surface area contributed by atoms with E-state index in [0.29, 0.717) is 44.5 Å². The molecule has 1 atom stereocenters. The predicted molar refractivity (Wildman–Crippen MR) is 115 cm³/mol. The smallest absolute Gasteiger partial charge is 0.223 e. The van der Waals surface area contributed by atoms with Crippen molar-refractivity contribution in [2.24, 2.45) is 17.8 Å². The Labute approximate surface area is 176 Å². The van der Waals surface area contributed by atoms with E-state index in [9.17, 15) is 9.59 Å². The van der Waals surface area contributed by atoms with Gasteiger partial charge in [0.25, 0.3) is 0 Å². The molecule has 2 heterocycles. The van der Waals surface area contributed by atoms with Crippen LogP contribution in [0.25, 0.3) is 0 Å². The molecule has 0 spiro atoms. The minimum Gasteiger partial charge on any atom is -0.379 e. The lowest BCUT2D eigenvalue weighted by atomic mass is 9.83. The highest BCUT2D eigenvalue weighted by Crippen LogP contribution is 2.26. The van der Waals surface area contributed by atoms with Crippen molar-refractivity contribution in [2.75, 3.05) is 39.3 Å². The number of halogens is 1. The fourth-order valence-corrected chi connectivity index (χ4v) is 4.12. The van der Waals surface area contributed by atoms with E-state index in [1.807, 2.05) is 18.7 Å². The molecule has 2 aliphatic rings. The molecule has 2 amide bonds. The van der Waals surface area contributed by atoms with Crippen molar-refractivity contribution in [1.82, 2.24) is 15.5 Å². The monoisotopic (exact) mass is 417 g/mol. The SMILES string of the molecule is CC(C)OCCCNC(=O)C1CCN(C(=O)CC(C)C2CCNCC2)CC1.Cl. The first kappa shape index (κ1) is 25.2. The molecule has 0 aromatic heterocycles. The Balaban J connectivity index is 0.00000392. The Morgan fingerprint density at radius 2 is 1.75 bits per heavy atom. The zero-order chi connectivity index (χ0) is 19.6. The number of nitrogens with one attached hydrogen (secondary N) is 2. The number of piperidine rings is 2. The summed E-state index contributed by atoms with van der Waals surface area (Å²) in [6.07, 6.45) is 5.65. The lowest BCUT2D eigenvalue weighted by Crippen LogP contribution is -2.44. The fraction of sp³-hybridized carbons (Fsp3) is 0.905. The molecule has 2 rings (SSSR count). The van der Waals surface area contributed by atoms with Gasteiger partial charge < -0.3 is 20.3 Å². The number of amides is 2. The zero-order valence-electron chi connectivity index (χ0n) is 17.9. The third-order valence-electron chi connectivity index (χ3n) is 5.98. The van der Waals surface area contributed by atoms with Crippen LogP contribution >= 0.6 is 12.4 Å². The van der Waals surface area contributed by atoms with Crippen molar-refractivity contribution in [2.45, 2.75) is 65.4 Å². The zero-order valence-corrected chi connectivity index (χ0v) is 18.7. The number of carbonyl (C=O) groups excluding carboxylic acids is 2. The Hall–Kier alpha value is -0.850. The van der Waals surface area contributed by atoms with E-state index in [4.69, 9.17) is 4.74 Å². The molecule has 2 fully saturated rings. The van der Waals surface area contributed by atoms with Crippen LogP contribution in [0.3, 0.4) is 0 Å². The normalized spacial score (nSPS) is 19.9. The van der Waals surface area contributed by atoms with E-state index in [0.717, 1.165) is 32.4 Å². The topological polar surface area (TPSA) is 70.7 Å². The van der Waals surface area contributed by atoms with Crippen LogP contribution in [0.2, 0.25) is 0 Å². The van der Waals surface area contributed by atoms with Crippen LogP contribution in [0.5, 0.6) is 0 Å². The van der Waals surface area contributed by atoms with Gasteiger partial charge in [-0.1, -0.05) is 6.92 Å². The van der Waals surface area contributed by atoms with Crippen LogP contribution in [0.15, 0.2) is 0 Å². The van der Waals surface area contributed by atoms with Crippen LogP contribution < -0.4 is 10.6 Å². The Bertz CT molecular complexity index is 462. The molecule has 0 saturated carbocycles. The molecule has 0 aromatic rings. The van der Waals surface area contributed by atoms with Gasteiger partial charge in [0.2, 0.25) is 11.8 Å². The predicted octanol–water partition coefficient (Wildman–Crippen LogP) is 2.60. The van der Waals surface area contributed by atoms with Crippen molar-refractivity contribution < 1.29 is 14.3 Å². The number of carbonyl (C=O) groups is 2. The van der Waals surface area contributed by atoms with Gasteiger partial charge in [-0.3, -0.25) is 9.59 Å². The third-order valence-corrected chi connectivity index (χ3v) is 5.98. The van der Waals surface area contributed by atoms with E-state index in [-0.39, 0.29) is 36.2 Å². The first-order chi connectivity index (χ1) is 13.0. The third kappa shape index (κ3) is 8.66. The number of ether oxygens (including phenoxy) is 1. The number of likely N-dealkylation sites (tertiary alicyclic amines) is 1. The number of hydrogen-bond donors (Lipinski definition) is 2. The molecule has 0 radical (unpaired) electrons. The summed E-state index contributed by atoms with van der Waals surface area (Å²) in [7, 11) is 0. The van der Waals surface area contributed by atoms with Gasteiger partial charge in [0.15, 0.2) is 0 Å². The molecule has 7 heteroatoms. The molecule has 6 nitrogen and oxygen atoms in total. The number of nitrogens with zero attached hydrogens (tertiary/aromatic N) is 1. The lowest BCUT2D eigenvalue weighted by molar-refractivity contribution is -0.136. The molecule has 164 valence electrons. The molecular weight excluding hydrogens is 378 g/mol. The van der Waals surface area contributed by atoms with E-state index in [2.05, 4.69) is 17.6 Å². The number of hydrogen-bond acceptors (Lipinski definition) is 4. The van der Waals surface area contributed by atoms with Gasteiger partial charge in [-0.2, -0.15) is 0 Å². The highest BCUT2D eigenvalue weighted by molar-refractivity contribution is 5.85. The quantitative estimate of drug-likeness (QED) is 0.566. The van der Waals surface area contributed by atoms with Crippen molar-refractivity contribution in [3.05, 3.63) is 0 Å². The largest absolute Gasteiger partial charge is 0.379 e. The Kier molecular flexibility index (Phi) is 12.0. The van der Waals surface area contributed by atoms with Gasteiger partial charge in [0, 0.05) is 38.6 Å². The highest BCUT2D eigenvalue weighted by Gasteiger charge is 2.29. The van der Waals surface area contributed by atoms with Crippen molar-refractivity contribution in [3.63, 3.8) is 0 Å². The fourth-order valence-electron chi connectivity index (χ4n) is 4.12. The van der Waals surface area contributed by atoms with Crippen LogP contribution in [0.4, 0.5) is 0 Å². The van der Waals surface area contributed by atoms with E-state index in [1.54, 1.807) is 0 Å². The molecule has 2 N–H and O–H groups in total. The summed E-state index contributed by atoms with van der Waals surface area (Å²) in [5.41, 5.74) is 0. The highest BCUT2D eigenvalue weighted by atomic mass is 35.5. The van der Waals surface area contributed by atoms with Gasteiger partial charge in [-0.05, 0) is 70.9 Å². The average molecular weight is 418 g/mol. The van der Waals surface area contributed by atoms with Crippen LogP contribution in [-0.4, -0.2) is 62.1 Å². The summed E-state index contributed by atoms with van der Waals surface area (Å²) in [6, 6.07) is 0. The van der Waals surface area contributed by atoms with Crippen molar-refractivity contribution >= 4 is 24.2 Å². The Morgan fingerprint density at radius 3 is 2.36 bits per heavy atom. The second-order valence-corrected chi connectivity index (χ2v) is 8.49. The van der Waals surface area contributed by atoms with Crippen LogP contribution in [0.1, 0.15) is 59.3 Å². The first-order valence-corrected chi connectivity index (χ1v) is 10.8. The summed E-state index contributed by atoms with van der Waals surface area (Å²) in [6.45, 7) is 11.2. The second kappa shape index (κ2) is 13.4. The minimum absolute atomic E-state index is 0. The van der Waals surface area contributed by atoms with Crippen LogP contribution in [0, 0.1) is 17.8 Å². The summed E-state index contributed by atoms with van der Waals surface area (Å²) >= 11 is 0. The van der Waals surface area contributed by atoms with Crippen molar-refractivity contribution in [1.29, 1.82) is 0 Å². The maximum absolute atomic E-state index is 12.6. The molecule has 2 saturated heterocycles. The summed E-state index contributed by atoms with van der Waals surface area (Å²) in [4.78, 5) is 26.9. The second-order valence-electron chi connectivity index (χ2n) is 8.49. The van der Waals surface area contributed by atoms with Gasteiger partial charge in [-0.15, -0.1) is 12.4 Å². The van der Waals surface area contributed by atoms with E-state index < -0.39 is 0 Å². The standard InChI is InChI=1S/C21H39N3O3.ClH/c1-16(2)27-14-4-9-23-21(26)19-7-12-24(13-8-19)20(25)15-17(3)18-5-10-22-11-6-18;/h16-19,22H,4-15H2,1-3H3,(H,23,26);1H. The molecule has 2 aliphatic heterocycles. The molecule has 0 aromatic carbocycles. The minimum atomic E-state index is 0. The van der Waals surface area contributed by atoms with Crippen LogP contribution in [-0.2, 0) is 14.3 Å². The van der Waals surface area contributed by atoms with E-state index in [1.165, 1.54) is 12.8 Å². The molecule has 1 unspecified atom stereocenters. The van der Waals surface area contributed by atoms with Crippen molar-refractivity contribution in [3.8, 4) is 0 Å². The Morgan fingerprint density at radius 1 is 1.11 bits per heavy atom. The molecule has 0 bridgehead atoms. The van der Waals surface area contributed by atoms with E-state index >= 15 is 0 Å². The number of rotatable bonds is 9. The maximum Gasteiger partial charge on any atom is 0.223 e. The lowest BCUT2D eigenvalue weighted by Gasteiger charge is -2.34. The maximum atomic E-state index is 12.6. The summed E-state index contributed by atoms with van der Waals surface area (Å²) in [5, 5.41) is 6.40. The van der Waals surface area contributed by atoms with Gasteiger partial charge in [-0.25, -0.2) is 0 Å². The molecular formula is C21H40ClN3O3. The summed E-state index contributed by atoms with van der Waals surface area (Å²) in [5.74, 6) is 1.56. The average Bonchev–Trinajstić information content (AvgIpc) is 2.68.